The molecule has 6 heteroatoms. The number of hydrogen-bond donors (Lipinski definition) is 3. The van der Waals surface area contributed by atoms with E-state index in [2.05, 4.69) is 5.32 Å². The summed E-state index contributed by atoms with van der Waals surface area (Å²) >= 11 is 0. The lowest BCUT2D eigenvalue weighted by molar-refractivity contribution is 0.104. The molecule has 3 aromatic rings. The largest absolute Gasteiger partial charge is 0.491 e. The Balaban J connectivity index is 1.81. The maximum atomic E-state index is 12.4. The highest BCUT2D eigenvalue weighted by Crippen LogP contribution is 2.25. The average molecular weight is 368 g/mol. The van der Waals surface area contributed by atoms with Crippen molar-refractivity contribution >= 4 is 16.7 Å². The first-order valence-corrected chi connectivity index (χ1v) is 8.90. The molecule has 1 atom stereocenters. The average Bonchev–Trinajstić information content (AvgIpc) is 2.65. The second-order valence-electron chi connectivity index (χ2n) is 6.78. The summed E-state index contributed by atoms with van der Waals surface area (Å²) in [5.74, 6) is 0.995. The predicted octanol–water partition coefficient (Wildman–Crippen LogP) is 2.78. The Labute approximate surface area is 157 Å². The molecule has 3 rings (SSSR count). The molecule has 0 amide bonds. The topological polar surface area (TPSA) is 97.7 Å². The van der Waals surface area contributed by atoms with Crippen LogP contribution in [0.5, 0.6) is 5.75 Å². The number of hydrogen-bond acceptors (Lipinski definition) is 6. The van der Waals surface area contributed by atoms with E-state index in [4.69, 9.17) is 14.9 Å². The van der Waals surface area contributed by atoms with Crippen LogP contribution in [0.3, 0.4) is 0 Å². The summed E-state index contributed by atoms with van der Waals surface area (Å²) in [6.45, 7) is 4.61. The quantitative estimate of drug-likeness (QED) is 0.555. The first-order valence-electron chi connectivity index (χ1n) is 8.90. The number of nitrogens with one attached hydrogen (secondary N) is 1. The lowest BCUT2D eigenvalue weighted by atomic mass is 10.1. The Morgan fingerprint density at radius 3 is 2.59 bits per heavy atom. The van der Waals surface area contributed by atoms with Crippen molar-refractivity contribution in [3.8, 4) is 17.1 Å². The van der Waals surface area contributed by atoms with Crippen LogP contribution in [0.25, 0.3) is 22.3 Å². The summed E-state index contributed by atoms with van der Waals surface area (Å²) < 4.78 is 11.5. The number of anilines is 1. The van der Waals surface area contributed by atoms with E-state index in [1.165, 1.54) is 6.07 Å². The number of nitrogens with two attached hydrogens (primary N) is 1. The van der Waals surface area contributed by atoms with Gasteiger partial charge in [0.1, 0.15) is 29.8 Å². The van der Waals surface area contributed by atoms with E-state index in [-0.39, 0.29) is 12.0 Å². The van der Waals surface area contributed by atoms with E-state index < -0.39 is 6.10 Å². The van der Waals surface area contributed by atoms with Crippen LogP contribution in [0.1, 0.15) is 13.8 Å². The van der Waals surface area contributed by atoms with Crippen LogP contribution >= 0.6 is 0 Å². The van der Waals surface area contributed by atoms with E-state index in [1.54, 1.807) is 42.5 Å². The number of rotatable bonds is 7. The third kappa shape index (κ3) is 4.87. The van der Waals surface area contributed by atoms with Crippen molar-refractivity contribution < 1.29 is 14.3 Å². The van der Waals surface area contributed by atoms with E-state index in [1.807, 2.05) is 13.8 Å². The van der Waals surface area contributed by atoms with Gasteiger partial charge in [-0.2, -0.15) is 0 Å². The summed E-state index contributed by atoms with van der Waals surface area (Å²) in [5, 5.41) is 13.6. The van der Waals surface area contributed by atoms with Gasteiger partial charge < -0.3 is 25.3 Å². The smallest absolute Gasteiger partial charge is 0.193 e. The van der Waals surface area contributed by atoms with Crippen molar-refractivity contribution in [1.82, 2.24) is 5.32 Å². The van der Waals surface area contributed by atoms with Crippen LogP contribution in [0.15, 0.2) is 57.7 Å². The standard InChI is InChI=1S/C21H24N2O4/c1-13(2)23-11-16(24)12-26-17-7-8-18-19(25)10-20(27-21(18)9-17)14-3-5-15(22)6-4-14/h3-10,13,16,23-24H,11-12,22H2,1-2H3. The van der Waals surface area contributed by atoms with Crippen molar-refractivity contribution in [1.29, 1.82) is 0 Å². The molecule has 0 aliphatic carbocycles. The Morgan fingerprint density at radius 1 is 1.15 bits per heavy atom. The fourth-order valence-corrected chi connectivity index (χ4v) is 2.64. The minimum absolute atomic E-state index is 0.129. The molecule has 6 nitrogen and oxygen atoms in total. The van der Waals surface area contributed by atoms with Gasteiger partial charge in [-0.15, -0.1) is 0 Å². The van der Waals surface area contributed by atoms with E-state index in [0.717, 1.165) is 5.56 Å². The highest BCUT2D eigenvalue weighted by molar-refractivity contribution is 5.80. The van der Waals surface area contributed by atoms with Gasteiger partial charge in [-0.1, -0.05) is 13.8 Å². The summed E-state index contributed by atoms with van der Waals surface area (Å²) in [7, 11) is 0. The van der Waals surface area contributed by atoms with Gasteiger partial charge in [0.2, 0.25) is 0 Å². The van der Waals surface area contributed by atoms with Crippen LogP contribution in [-0.2, 0) is 0 Å². The van der Waals surface area contributed by atoms with Gasteiger partial charge in [-0.3, -0.25) is 4.79 Å². The van der Waals surface area contributed by atoms with Crippen LogP contribution < -0.4 is 21.2 Å². The molecule has 142 valence electrons. The second kappa shape index (κ2) is 8.24. The van der Waals surface area contributed by atoms with Crippen LogP contribution in [0.2, 0.25) is 0 Å². The van der Waals surface area contributed by atoms with Crippen LogP contribution in [0, 0.1) is 0 Å². The van der Waals surface area contributed by atoms with Crippen LogP contribution in [0.4, 0.5) is 5.69 Å². The number of aliphatic hydroxyl groups is 1. The van der Waals surface area contributed by atoms with Gasteiger partial charge >= 0.3 is 0 Å². The minimum Gasteiger partial charge on any atom is -0.491 e. The molecule has 1 heterocycles. The van der Waals surface area contributed by atoms with Gasteiger partial charge in [0.05, 0.1) is 5.39 Å². The molecule has 0 bridgehead atoms. The normalized spacial score (nSPS) is 12.4. The summed E-state index contributed by atoms with van der Waals surface area (Å²) in [4.78, 5) is 12.4. The Kier molecular flexibility index (Phi) is 5.78. The van der Waals surface area contributed by atoms with Crippen molar-refractivity contribution in [3.05, 3.63) is 58.8 Å². The molecular weight excluding hydrogens is 344 g/mol. The Bertz CT molecular complexity index is 964. The molecule has 1 unspecified atom stereocenters. The lowest BCUT2D eigenvalue weighted by Gasteiger charge is -2.15. The Hall–Kier alpha value is -2.83. The summed E-state index contributed by atoms with van der Waals surface area (Å²) in [5.41, 5.74) is 7.42. The molecule has 0 spiro atoms. The third-order valence-electron chi connectivity index (χ3n) is 4.10. The fourth-order valence-electron chi connectivity index (χ4n) is 2.64. The zero-order valence-electron chi connectivity index (χ0n) is 15.4. The number of benzene rings is 2. The predicted molar refractivity (Wildman–Crippen MR) is 107 cm³/mol. The van der Waals surface area contributed by atoms with Gasteiger partial charge in [-0.25, -0.2) is 0 Å². The first kappa shape index (κ1) is 18.9. The molecule has 0 aliphatic heterocycles. The maximum Gasteiger partial charge on any atom is 0.193 e. The van der Waals surface area contributed by atoms with Crippen molar-refractivity contribution in [3.63, 3.8) is 0 Å². The van der Waals surface area contributed by atoms with E-state index >= 15 is 0 Å². The second-order valence-corrected chi connectivity index (χ2v) is 6.78. The highest BCUT2D eigenvalue weighted by atomic mass is 16.5. The summed E-state index contributed by atoms with van der Waals surface area (Å²) in [6, 6.07) is 13.9. The van der Waals surface area contributed by atoms with Crippen molar-refractivity contribution in [2.45, 2.75) is 26.0 Å². The lowest BCUT2D eigenvalue weighted by Crippen LogP contribution is -2.35. The number of ether oxygens (including phenoxy) is 1. The van der Waals surface area contributed by atoms with E-state index in [9.17, 15) is 9.90 Å². The molecule has 0 aliphatic rings. The van der Waals surface area contributed by atoms with Crippen molar-refractivity contribution in [2.24, 2.45) is 0 Å². The molecule has 0 fully saturated rings. The van der Waals surface area contributed by atoms with Gasteiger partial charge in [0.25, 0.3) is 0 Å². The summed E-state index contributed by atoms with van der Waals surface area (Å²) in [6.07, 6.45) is -0.629. The van der Waals surface area contributed by atoms with E-state index in [0.29, 0.717) is 40.8 Å². The Morgan fingerprint density at radius 2 is 1.89 bits per heavy atom. The van der Waals surface area contributed by atoms with Crippen LogP contribution in [-0.4, -0.2) is 30.4 Å². The first-order chi connectivity index (χ1) is 12.9. The maximum absolute atomic E-state index is 12.4. The minimum atomic E-state index is -0.629. The molecule has 0 saturated carbocycles. The van der Waals surface area contributed by atoms with Crippen molar-refractivity contribution in [2.75, 3.05) is 18.9 Å². The highest BCUT2D eigenvalue weighted by Gasteiger charge is 2.10. The molecule has 1 aromatic heterocycles. The third-order valence-corrected chi connectivity index (χ3v) is 4.10. The molecule has 0 saturated heterocycles. The molecule has 0 radical (unpaired) electrons. The zero-order valence-corrected chi connectivity index (χ0v) is 15.4. The van der Waals surface area contributed by atoms with Gasteiger partial charge in [0.15, 0.2) is 5.43 Å². The van der Waals surface area contributed by atoms with Gasteiger partial charge in [0, 0.05) is 36.0 Å². The van der Waals surface area contributed by atoms with Gasteiger partial charge in [-0.05, 0) is 36.4 Å². The number of fused-ring (bicyclic) bond motifs is 1. The molecule has 2 aromatic carbocycles. The number of nitrogen functional groups attached to an aromatic ring is 1. The molecular formula is C21H24N2O4. The fraction of sp³-hybridized carbons (Fsp3) is 0.286. The monoisotopic (exact) mass is 368 g/mol. The molecule has 4 N–H and O–H groups in total. The molecule has 27 heavy (non-hydrogen) atoms. The SMILES string of the molecule is CC(C)NCC(O)COc1ccc2c(=O)cc(-c3ccc(N)cc3)oc2c1. The zero-order chi connectivity index (χ0) is 19.4. The number of aliphatic hydroxyl groups excluding tert-OH is 1.